The normalized spacial score (nSPS) is 14.6. The maximum atomic E-state index is 13.1. The number of hydrogen-bond acceptors (Lipinski definition) is 4. The number of pyridine rings is 1. The van der Waals surface area contributed by atoms with Crippen LogP contribution in [0.5, 0.6) is 5.75 Å². The lowest BCUT2D eigenvalue weighted by molar-refractivity contribution is 0.0716. The van der Waals surface area contributed by atoms with E-state index in [0.29, 0.717) is 43.1 Å². The molecule has 2 amide bonds. The molecule has 3 rings (SSSR count). The molecule has 27 heavy (non-hydrogen) atoms. The van der Waals surface area contributed by atoms with E-state index in [1.54, 1.807) is 31.6 Å². The SMILES string of the molecule is COc1cc(C)cc(C)c1C(=O)N1CCCN(C(=O)c2ccncc2)CC1. The molecule has 2 heterocycles. The fourth-order valence-corrected chi connectivity index (χ4v) is 3.52. The number of benzene rings is 1. The van der Waals surface area contributed by atoms with Gasteiger partial charge in [0.05, 0.1) is 12.7 Å². The molecule has 142 valence electrons. The van der Waals surface area contributed by atoms with Gasteiger partial charge in [-0.2, -0.15) is 0 Å². The van der Waals surface area contributed by atoms with Crippen LogP contribution in [0.25, 0.3) is 0 Å². The van der Waals surface area contributed by atoms with E-state index < -0.39 is 0 Å². The molecule has 0 bridgehead atoms. The number of amides is 2. The first kappa shape index (κ1) is 18.9. The molecule has 0 atom stereocenters. The average Bonchev–Trinajstić information content (AvgIpc) is 2.93. The predicted octanol–water partition coefficient (Wildman–Crippen LogP) is 2.70. The van der Waals surface area contributed by atoms with Gasteiger partial charge in [0.15, 0.2) is 0 Å². The lowest BCUT2D eigenvalue weighted by Crippen LogP contribution is -2.37. The summed E-state index contributed by atoms with van der Waals surface area (Å²) >= 11 is 0. The molecule has 1 aliphatic heterocycles. The van der Waals surface area contributed by atoms with E-state index in [-0.39, 0.29) is 11.8 Å². The zero-order valence-corrected chi connectivity index (χ0v) is 16.1. The van der Waals surface area contributed by atoms with Crippen LogP contribution in [0.4, 0.5) is 0 Å². The smallest absolute Gasteiger partial charge is 0.257 e. The Kier molecular flexibility index (Phi) is 5.74. The molecule has 6 heteroatoms. The predicted molar refractivity (Wildman–Crippen MR) is 103 cm³/mol. The molecule has 0 aliphatic carbocycles. The van der Waals surface area contributed by atoms with Crippen molar-refractivity contribution in [1.82, 2.24) is 14.8 Å². The summed E-state index contributed by atoms with van der Waals surface area (Å²) < 4.78 is 5.45. The minimum atomic E-state index is -0.0393. The highest BCUT2D eigenvalue weighted by Gasteiger charge is 2.26. The standard InChI is InChI=1S/C21H25N3O3/c1-15-13-16(2)19(18(14-15)27-3)21(26)24-10-4-9-23(11-12-24)20(25)17-5-7-22-8-6-17/h5-8,13-14H,4,9-12H2,1-3H3. The Bertz CT molecular complexity index is 836. The van der Waals surface area contributed by atoms with Crippen molar-refractivity contribution >= 4 is 11.8 Å². The number of carbonyl (C=O) groups excluding carboxylic acids is 2. The molecule has 2 aromatic rings. The van der Waals surface area contributed by atoms with Crippen molar-refractivity contribution < 1.29 is 14.3 Å². The Morgan fingerprint density at radius 1 is 0.963 bits per heavy atom. The fourth-order valence-electron chi connectivity index (χ4n) is 3.52. The minimum Gasteiger partial charge on any atom is -0.496 e. The van der Waals surface area contributed by atoms with E-state index in [4.69, 9.17) is 4.74 Å². The fraction of sp³-hybridized carbons (Fsp3) is 0.381. The van der Waals surface area contributed by atoms with E-state index >= 15 is 0 Å². The lowest BCUT2D eigenvalue weighted by atomic mass is 10.0. The van der Waals surface area contributed by atoms with Gasteiger partial charge in [0, 0.05) is 44.1 Å². The Labute approximate surface area is 159 Å². The number of rotatable bonds is 3. The van der Waals surface area contributed by atoms with Crippen molar-refractivity contribution in [2.45, 2.75) is 20.3 Å². The third-order valence-corrected chi connectivity index (χ3v) is 4.88. The van der Waals surface area contributed by atoms with Crippen molar-refractivity contribution in [2.75, 3.05) is 33.3 Å². The zero-order valence-electron chi connectivity index (χ0n) is 16.1. The molecule has 1 aromatic heterocycles. The minimum absolute atomic E-state index is 0.0178. The molecule has 0 spiro atoms. The summed E-state index contributed by atoms with van der Waals surface area (Å²) in [4.78, 5) is 33.4. The average molecular weight is 367 g/mol. The van der Waals surface area contributed by atoms with Gasteiger partial charge in [-0.05, 0) is 49.6 Å². The maximum Gasteiger partial charge on any atom is 0.257 e. The third kappa shape index (κ3) is 4.10. The van der Waals surface area contributed by atoms with Crippen LogP contribution in [0.2, 0.25) is 0 Å². The van der Waals surface area contributed by atoms with Crippen LogP contribution in [-0.2, 0) is 0 Å². The number of carbonyl (C=O) groups is 2. The number of aromatic nitrogens is 1. The van der Waals surface area contributed by atoms with Crippen LogP contribution in [0.1, 0.15) is 38.3 Å². The molecule has 6 nitrogen and oxygen atoms in total. The van der Waals surface area contributed by atoms with Gasteiger partial charge < -0.3 is 14.5 Å². The number of ether oxygens (including phenoxy) is 1. The molecule has 0 unspecified atom stereocenters. The van der Waals surface area contributed by atoms with Crippen molar-refractivity contribution in [2.24, 2.45) is 0 Å². The Morgan fingerprint density at radius 3 is 2.22 bits per heavy atom. The molecule has 0 radical (unpaired) electrons. The van der Waals surface area contributed by atoms with Gasteiger partial charge in [-0.15, -0.1) is 0 Å². The summed E-state index contributed by atoms with van der Waals surface area (Å²) in [6.45, 7) is 6.19. The molecule has 0 N–H and O–H groups in total. The Hall–Kier alpha value is -2.89. The van der Waals surface area contributed by atoms with Crippen molar-refractivity contribution in [3.05, 3.63) is 58.9 Å². The van der Waals surface area contributed by atoms with E-state index in [2.05, 4.69) is 4.98 Å². The van der Waals surface area contributed by atoms with E-state index in [0.717, 1.165) is 17.5 Å². The molecular weight excluding hydrogens is 342 g/mol. The van der Waals surface area contributed by atoms with Gasteiger partial charge in [-0.3, -0.25) is 14.6 Å². The highest BCUT2D eigenvalue weighted by Crippen LogP contribution is 2.26. The summed E-state index contributed by atoms with van der Waals surface area (Å²) in [5.41, 5.74) is 3.20. The molecule has 1 fully saturated rings. The molecule has 1 saturated heterocycles. The number of methoxy groups -OCH3 is 1. The highest BCUT2D eigenvalue weighted by atomic mass is 16.5. The maximum absolute atomic E-state index is 13.1. The van der Waals surface area contributed by atoms with Crippen LogP contribution in [-0.4, -0.2) is 59.9 Å². The van der Waals surface area contributed by atoms with Crippen LogP contribution in [0.15, 0.2) is 36.7 Å². The van der Waals surface area contributed by atoms with Gasteiger partial charge in [0.2, 0.25) is 0 Å². The monoisotopic (exact) mass is 367 g/mol. The lowest BCUT2D eigenvalue weighted by Gasteiger charge is -2.24. The van der Waals surface area contributed by atoms with Crippen molar-refractivity contribution in [3.8, 4) is 5.75 Å². The van der Waals surface area contributed by atoms with Crippen molar-refractivity contribution in [1.29, 1.82) is 0 Å². The second-order valence-electron chi connectivity index (χ2n) is 6.83. The quantitative estimate of drug-likeness (QED) is 0.837. The molecule has 1 aromatic carbocycles. The molecule has 1 aliphatic rings. The molecule has 0 saturated carbocycles. The first-order valence-electron chi connectivity index (χ1n) is 9.15. The van der Waals surface area contributed by atoms with Crippen LogP contribution >= 0.6 is 0 Å². The first-order valence-corrected chi connectivity index (χ1v) is 9.15. The summed E-state index contributed by atoms with van der Waals surface area (Å²) in [5, 5.41) is 0. The van der Waals surface area contributed by atoms with E-state index in [1.165, 1.54) is 0 Å². The second-order valence-corrected chi connectivity index (χ2v) is 6.83. The van der Waals surface area contributed by atoms with Crippen LogP contribution in [0, 0.1) is 13.8 Å². The van der Waals surface area contributed by atoms with Gasteiger partial charge in [-0.25, -0.2) is 0 Å². The summed E-state index contributed by atoms with van der Waals surface area (Å²) in [6, 6.07) is 7.32. The number of nitrogens with zero attached hydrogens (tertiary/aromatic N) is 3. The second kappa shape index (κ2) is 8.20. The highest BCUT2D eigenvalue weighted by molar-refractivity contribution is 5.99. The largest absolute Gasteiger partial charge is 0.496 e. The van der Waals surface area contributed by atoms with Crippen molar-refractivity contribution in [3.63, 3.8) is 0 Å². The van der Waals surface area contributed by atoms with E-state index in [9.17, 15) is 9.59 Å². The topological polar surface area (TPSA) is 62.7 Å². The van der Waals surface area contributed by atoms with Gasteiger partial charge in [-0.1, -0.05) is 6.07 Å². The van der Waals surface area contributed by atoms with Crippen LogP contribution in [0.3, 0.4) is 0 Å². The van der Waals surface area contributed by atoms with Gasteiger partial charge in [0.1, 0.15) is 5.75 Å². The third-order valence-electron chi connectivity index (χ3n) is 4.88. The van der Waals surface area contributed by atoms with E-state index in [1.807, 2.05) is 35.8 Å². The molecular formula is C21H25N3O3. The van der Waals surface area contributed by atoms with Gasteiger partial charge in [0.25, 0.3) is 11.8 Å². The Morgan fingerprint density at radius 2 is 1.59 bits per heavy atom. The number of hydrogen-bond donors (Lipinski definition) is 0. The first-order chi connectivity index (χ1) is 13.0. The zero-order chi connectivity index (χ0) is 19.4. The summed E-state index contributed by atoms with van der Waals surface area (Å²) in [6.07, 6.45) is 3.98. The summed E-state index contributed by atoms with van der Waals surface area (Å²) in [5.74, 6) is 0.546. The number of aryl methyl sites for hydroxylation is 2. The van der Waals surface area contributed by atoms with Gasteiger partial charge >= 0.3 is 0 Å². The van der Waals surface area contributed by atoms with Crippen LogP contribution < -0.4 is 4.74 Å². The summed E-state index contributed by atoms with van der Waals surface area (Å²) in [7, 11) is 1.59. The Balaban J connectivity index is 1.75.